The predicted octanol–water partition coefficient (Wildman–Crippen LogP) is 2.89. The lowest BCUT2D eigenvalue weighted by Crippen LogP contribution is -2.20. The lowest BCUT2D eigenvalue weighted by atomic mass is 10.0. The SMILES string of the molecule is CCN=C1CC=CC=C(C(=O)/C=C/c2ncccc2C)C1=O. The average molecular weight is 294 g/mol. The molecule has 1 heterocycles. The molecule has 22 heavy (non-hydrogen) atoms. The van der Waals surface area contributed by atoms with Crippen LogP contribution in [0.3, 0.4) is 0 Å². The largest absolute Gasteiger partial charge is 0.289 e. The van der Waals surface area contributed by atoms with Gasteiger partial charge >= 0.3 is 0 Å². The third-order valence-electron chi connectivity index (χ3n) is 3.27. The van der Waals surface area contributed by atoms with Crippen molar-refractivity contribution in [1.82, 2.24) is 4.98 Å². The van der Waals surface area contributed by atoms with Crippen molar-refractivity contribution < 1.29 is 9.59 Å². The summed E-state index contributed by atoms with van der Waals surface area (Å²) in [6.45, 7) is 4.31. The van der Waals surface area contributed by atoms with Crippen LogP contribution in [0.1, 0.15) is 24.6 Å². The van der Waals surface area contributed by atoms with Gasteiger partial charge in [-0.1, -0.05) is 18.2 Å². The molecule has 1 aliphatic rings. The summed E-state index contributed by atoms with van der Waals surface area (Å²) in [5.74, 6) is -0.621. The van der Waals surface area contributed by atoms with Crippen molar-refractivity contribution in [2.75, 3.05) is 6.54 Å². The Morgan fingerprint density at radius 2 is 2.27 bits per heavy atom. The Morgan fingerprint density at radius 1 is 1.45 bits per heavy atom. The van der Waals surface area contributed by atoms with E-state index in [0.717, 1.165) is 11.3 Å². The number of allylic oxidation sites excluding steroid dienone is 5. The van der Waals surface area contributed by atoms with Gasteiger partial charge in [-0.05, 0) is 43.7 Å². The van der Waals surface area contributed by atoms with E-state index in [1.807, 2.05) is 32.1 Å². The quantitative estimate of drug-likeness (QED) is 0.633. The molecule has 0 fully saturated rings. The highest BCUT2D eigenvalue weighted by Gasteiger charge is 2.21. The highest BCUT2D eigenvalue weighted by atomic mass is 16.1. The number of rotatable bonds is 4. The van der Waals surface area contributed by atoms with Crippen LogP contribution >= 0.6 is 0 Å². The maximum Gasteiger partial charge on any atom is 0.210 e. The summed E-state index contributed by atoms with van der Waals surface area (Å²) in [5.41, 5.74) is 2.26. The topological polar surface area (TPSA) is 59.4 Å². The van der Waals surface area contributed by atoms with Gasteiger partial charge < -0.3 is 0 Å². The van der Waals surface area contributed by atoms with Gasteiger partial charge in [-0.25, -0.2) is 0 Å². The van der Waals surface area contributed by atoms with Gasteiger partial charge in [0.25, 0.3) is 0 Å². The minimum absolute atomic E-state index is 0.144. The first-order valence-electron chi connectivity index (χ1n) is 7.22. The molecule has 0 aliphatic heterocycles. The molecule has 112 valence electrons. The number of hydrogen-bond acceptors (Lipinski definition) is 4. The van der Waals surface area contributed by atoms with Gasteiger partial charge in [0.15, 0.2) is 5.78 Å². The molecule has 0 bridgehead atoms. The van der Waals surface area contributed by atoms with Crippen molar-refractivity contribution in [2.24, 2.45) is 4.99 Å². The molecule has 0 spiro atoms. The fourth-order valence-corrected chi connectivity index (χ4v) is 2.11. The van der Waals surface area contributed by atoms with Crippen LogP contribution in [0.25, 0.3) is 6.08 Å². The molecule has 1 aliphatic carbocycles. The number of ketones is 2. The monoisotopic (exact) mass is 294 g/mol. The molecule has 0 N–H and O–H groups in total. The van der Waals surface area contributed by atoms with Gasteiger partial charge in [0.2, 0.25) is 5.78 Å². The van der Waals surface area contributed by atoms with Gasteiger partial charge in [-0.15, -0.1) is 0 Å². The zero-order valence-electron chi connectivity index (χ0n) is 12.7. The number of carbonyl (C=O) groups is 2. The maximum atomic E-state index is 12.3. The van der Waals surface area contributed by atoms with Crippen LogP contribution in [0.2, 0.25) is 0 Å². The van der Waals surface area contributed by atoms with Crippen molar-refractivity contribution in [3.63, 3.8) is 0 Å². The number of Topliss-reactive ketones (excluding diaryl/α,β-unsaturated/α-hetero) is 1. The van der Waals surface area contributed by atoms with Crippen LogP contribution in [0.15, 0.2) is 53.2 Å². The van der Waals surface area contributed by atoms with E-state index in [-0.39, 0.29) is 17.1 Å². The highest BCUT2D eigenvalue weighted by molar-refractivity contribution is 6.52. The first-order valence-corrected chi connectivity index (χ1v) is 7.22. The van der Waals surface area contributed by atoms with E-state index in [9.17, 15) is 9.59 Å². The molecular weight excluding hydrogens is 276 g/mol. The summed E-state index contributed by atoms with van der Waals surface area (Å²) in [4.78, 5) is 33.0. The van der Waals surface area contributed by atoms with Crippen LogP contribution in [0.5, 0.6) is 0 Å². The molecular formula is C18H18N2O2. The maximum absolute atomic E-state index is 12.3. The standard InChI is InChI=1S/C18H18N2O2/c1-3-19-16-9-5-4-8-14(18(16)22)17(21)11-10-15-13(2)7-6-12-20-15/h4-8,10-12H,3,9H2,1-2H3/b11-10+,19-16?. The summed E-state index contributed by atoms with van der Waals surface area (Å²) in [6.07, 6.45) is 10.3. The number of aromatic nitrogens is 1. The summed E-state index contributed by atoms with van der Waals surface area (Å²) in [7, 11) is 0. The van der Waals surface area contributed by atoms with E-state index in [2.05, 4.69) is 9.98 Å². The molecule has 0 aromatic carbocycles. The molecule has 4 nitrogen and oxygen atoms in total. The lowest BCUT2D eigenvalue weighted by Gasteiger charge is -2.03. The number of hydrogen-bond donors (Lipinski definition) is 0. The van der Waals surface area contributed by atoms with Crippen molar-refractivity contribution in [3.05, 3.63) is 59.5 Å². The van der Waals surface area contributed by atoms with Gasteiger partial charge in [-0.3, -0.25) is 19.6 Å². The molecule has 0 amide bonds. The second kappa shape index (κ2) is 7.41. The van der Waals surface area contributed by atoms with Crippen LogP contribution in [-0.4, -0.2) is 28.8 Å². The third kappa shape index (κ3) is 3.73. The van der Waals surface area contributed by atoms with Crippen LogP contribution in [0.4, 0.5) is 0 Å². The lowest BCUT2D eigenvalue weighted by molar-refractivity contribution is -0.116. The zero-order valence-corrected chi connectivity index (χ0v) is 12.7. The van der Waals surface area contributed by atoms with Gasteiger partial charge in [0, 0.05) is 19.2 Å². The fourth-order valence-electron chi connectivity index (χ4n) is 2.11. The summed E-state index contributed by atoms with van der Waals surface area (Å²) in [5, 5.41) is 0. The van der Waals surface area contributed by atoms with E-state index in [1.54, 1.807) is 24.4 Å². The van der Waals surface area contributed by atoms with Gasteiger partial charge in [0.1, 0.15) is 0 Å². The minimum atomic E-state index is -0.328. The van der Waals surface area contributed by atoms with E-state index in [1.165, 1.54) is 6.08 Å². The second-order valence-electron chi connectivity index (χ2n) is 4.87. The summed E-state index contributed by atoms with van der Waals surface area (Å²) < 4.78 is 0. The smallest absolute Gasteiger partial charge is 0.210 e. The van der Waals surface area contributed by atoms with Crippen LogP contribution < -0.4 is 0 Å². The average Bonchev–Trinajstić information content (AvgIpc) is 2.69. The molecule has 0 saturated carbocycles. The minimum Gasteiger partial charge on any atom is -0.289 e. The first-order chi connectivity index (χ1) is 10.6. The van der Waals surface area contributed by atoms with E-state index in [0.29, 0.717) is 18.7 Å². The third-order valence-corrected chi connectivity index (χ3v) is 3.27. The van der Waals surface area contributed by atoms with E-state index < -0.39 is 0 Å². The normalized spacial score (nSPS) is 16.9. The molecule has 0 atom stereocenters. The molecule has 0 radical (unpaired) electrons. The van der Waals surface area contributed by atoms with Crippen LogP contribution in [-0.2, 0) is 9.59 Å². The molecule has 1 aromatic heterocycles. The number of carbonyl (C=O) groups excluding carboxylic acids is 2. The molecule has 2 rings (SSSR count). The van der Waals surface area contributed by atoms with Crippen LogP contribution in [0, 0.1) is 6.92 Å². The fraction of sp³-hybridized carbons (Fsp3) is 0.222. The highest BCUT2D eigenvalue weighted by Crippen LogP contribution is 2.12. The Bertz CT molecular complexity index is 710. The Kier molecular flexibility index (Phi) is 5.31. The first kappa shape index (κ1) is 15.8. The number of aliphatic imine (C=N–C) groups is 1. The Labute approximate surface area is 130 Å². The summed E-state index contributed by atoms with van der Waals surface area (Å²) >= 11 is 0. The van der Waals surface area contributed by atoms with E-state index >= 15 is 0 Å². The Balaban J connectivity index is 2.23. The van der Waals surface area contributed by atoms with Crippen molar-refractivity contribution in [1.29, 1.82) is 0 Å². The Morgan fingerprint density at radius 3 is 3.00 bits per heavy atom. The molecule has 0 unspecified atom stereocenters. The van der Waals surface area contributed by atoms with Gasteiger partial charge in [-0.2, -0.15) is 0 Å². The number of aryl methyl sites for hydroxylation is 1. The Hall–Kier alpha value is -2.62. The summed E-state index contributed by atoms with van der Waals surface area (Å²) in [6, 6.07) is 3.76. The zero-order chi connectivity index (χ0) is 15.9. The van der Waals surface area contributed by atoms with Gasteiger partial charge in [0.05, 0.1) is 17.0 Å². The van der Waals surface area contributed by atoms with Crippen molar-refractivity contribution in [2.45, 2.75) is 20.3 Å². The van der Waals surface area contributed by atoms with Crippen molar-refractivity contribution >= 4 is 23.4 Å². The van der Waals surface area contributed by atoms with E-state index in [4.69, 9.17) is 0 Å². The molecule has 1 aromatic rings. The predicted molar refractivity (Wildman–Crippen MR) is 87.8 cm³/mol. The molecule has 4 heteroatoms. The molecule has 0 saturated heterocycles. The number of nitrogens with zero attached hydrogens (tertiary/aromatic N) is 2. The second-order valence-corrected chi connectivity index (χ2v) is 4.87. The van der Waals surface area contributed by atoms with Crippen molar-refractivity contribution in [3.8, 4) is 0 Å². The number of pyridine rings is 1.